The summed E-state index contributed by atoms with van der Waals surface area (Å²) >= 11 is 0. The predicted molar refractivity (Wildman–Crippen MR) is 106 cm³/mol. The lowest BCUT2D eigenvalue weighted by molar-refractivity contribution is -0.214. The molecule has 4 nitrogen and oxygen atoms in total. The largest absolute Gasteiger partial charge is 0.481 e. The van der Waals surface area contributed by atoms with Crippen molar-refractivity contribution in [3.8, 4) is 0 Å². The van der Waals surface area contributed by atoms with Crippen molar-refractivity contribution in [3.05, 3.63) is 24.3 Å². The molecule has 0 bridgehead atoms. The van der Waals surface area contributed by atoms with Gasteiger partial charge in [0.05, 0.1) is 7.11 Å². The second-order valence-electron chi connectivity index (χ2n) is 6.36. The first-order valence-electron chi connectivity index (χ1n) is 9.79. The van der Waals surface area contributed by atoms with E-state index in [2.05, 4.69) is 24.0 Å². The summed E-state index contributed by atoms with van der Waals surface area (Å²) in [5.74, 6) is 0.227. The Balaban J connectivity index is 0. The van der Waals surface area contributed by atoms with Crippen molar-refractivity contribution in [3.63, 3.8) is 0 Å². The van der Waals surface area contributed by atoms with E-state index in [1.165, 1.54) is 64.9 Å². The highest BCUT2D eigenvalue weighted by Crippen LogP contribution is 2.25. The molecule has 1 aliphatic rings. The minimum atomic E-state index is -0.709. The number of carboxylic acids is 1. The molecule has 0 aromatic heterocycles. The van der Waals surface area contributed by atoms with Gasteiger partial charge in [-0.1, -0.05) is 63.3 Å². The average molecular weight is 357 g/mol. The highest BCUT2D eigenvalue weighted by Gasteiger charge is 2.10. The van der Waals surface area contributed by atoms with Gasteiger partial charge in [0.1, 0.15) is 0 Å². The Bertz CT molecular complexity index is 318. The lowest BCUT2D eigenvalue weighted by Gasteiger charge is -1.99. The summed E-state index contributed by atoms with van der Waals surface area (Å²) in [7, 11) is 1.18. The van der Waals surface area contributed by atoms with E-state index in [0.717, 1.165) is 18.8 Å². The van der Waals surface area contributed by atoms with E-state index < -0.39 is 5.97 Å². The molecule has 0 radical (unpaired) electrons. The fraction of sp³-hybridized carbons (Fsp3) is 0.762. The first-order valence-corrected chi connectivity index (χ1v) is 9.79. The van der Waals surface area contributed by atoms with Crippen molar-refractivity contribution in [2.75, 3.05) is 7.11 Å². The van der Waals surface area contributed by atoms with Crippen LogP contribution in [0, 0.1) is 5.92 Å². The van der Waals surface area contributed by atoms with Crippen molar-refractivity contribution in [1.29, 1.82) is 0 Å². The van der Waals surface area contributed by atoms with Gasteiger partial charge in [0.15, 0.2) is 0 Å². The number of allylic oxidation sites excluding steroid dienone is 4. The van der Waals surface area contributed by atoms with Crippen LogP contribution in [0.2, 0.25) is 0 Å². The average Bonchev–Trinajstić information content (AvgIpc) is 3.09. The second kappa shape index (κ2) is 22.9. The van der Waals surface area contributed by atoms with Crippen molar-refractivity contribution in [2.45, 2.75) is 90.9 Å². The van der Waals surface area contributed by atoms with Crippen molar-refractivity contribution < 1.29 is 20.0 Å². The van der Waals surface area contributed by atoms with E-state index in [1.54, 1.807) is 0 Å². The molecule has 4 heteroatoms. The van der Waals surface area contributed by atoms with Crippen LogP contribution >= 0.6 is 0 Å². The summed E-state index contributed by atoms with van der Waals surface area (Å²) in [5, 5.41) is 15.3. The summed E-state index contributed by atoms with van der Waals surface area (Å²) in [5.41, 5.74) is 0. The van der Waals surface area contributed by atoms with Gasteiger partial charge in [0.2, 0.25) is 0 Å². The zero-order valence-corrected chi connectivity index (χ0v) is 16.6. The van der Waals surface area contributed by atoms with Crippen molar-refractivity contribution in [1.82, 2.24) is 0 Å². The van der Waals surface area contributed by atoms with Crippen LogP contribution in [0.15, 0.2) is 24.3 Å². The number of rotatable bonds is 10. The molecule has 25 heavy (non-hydrogen) atoms. The lowest BCUT2D eigenvalue weighted by atomic mass is 10.1. The third-order valence-corrected chi connectivity index (χ3v) is 4.03. The van der Waals surface area contributed by atoms with Gasteiger partial charge >= 0.3 is 5.97 Å². The Morgan fingerprint density at radius 3 is 2.20 bits per heavy atom. The fourth-order valence-electron chi connectivity index (χ4n) is 2.67. The number of hydrogen-bond acceptors (Lipinski definition) is 3. The predicted octanol–water partition coefficient (Wildman–Crippen LogP) is 6.63. The molecule has 0 atom stereocenters. The van der Waals surface area contributed by atoms with E-state index in [4.69, 9.17) is 10.4 Å². The molecule has 1 fully saturated rings. The van der Waals surface area contributed by atoms with E-state index in [1.807, 2.05) is 19.1 Å². The van der Waals surface area contributed by atoms with Crippen LogP contribution in [0.1, 0.15) is 90.9 Å². The highest BCUT2D eigenvalue weighted by molar-refractivity contribution is 5.66. The quantitative estimate of drug-likeness (QED) is 0.200. The third-order valence-electron chi connectivity index (χ3n) is 4.03. The third kappa shape index (κ3) is 25.2. The van der Waals surface area contributed by atoms with Gasteiger partial charge in [-0.15, -0.1) is 0 Å². The molecule has 2 N–H and O–H groups in total. The highest BCUT2D eigenvalue weighted by atomic mass is 17.1. The Hall–Kier alpha value is -1.13. The summed E-state index contributed by atoms with van der Waals surface area (Å²) in [6, 6.07) is 0. The smallest absolute Gasteiger partial charge is 0.303 e. The molecule has 1 rings (SSSR count). The second-order valence-corrected chi connectivity index (χ2v) is 6.36. The van der Waals surface area contributed by atoms with Crippen molar-refractivity contribution >= 4 is 5.97 Å². The molecule has 0 aliphatic heterocycles. The van der Waals surface area contributed by atoms with Crippen LogP contribution in [0.4, 0.5) is 0 Å². The van der Waals surface area contributed by atoms with Gasteiger partial charge in [-0.3, -0.25) is 10.1 Å². The van der Waals surface area contributed by atoms with Gasteiger partial charge < -0.3 is 5.11 Å². The Morgan fingerprint density at radius 2 is 1.68 bits per heavy atom. The molecule has 0 spiro atoms. The first-order chi connectivity index (χ1) is 12.1. The number of aliphatic carboxylic acids is 1. The maximum absolute atomic E-state index is 9.94. The van der Waals surface area contributed by atoms with Crippen LogP contribution in [-0.4, -0.2) is 23.4 Å². The maximum atomic E-state index is 9.94. The molecule has 0 amide bonds. The van der Waals surface area contributed by atoms with Gasteiger partial charge in [-0.2, -0.15) is 0 Å². The lowest BCUT2D eigenvalue weighted by Crippen LogP contribution is -1.92. The molecule has 1 aliphatic carbocycles. The van der Waals surface area contributed by atoms with Gasteiger partial charge in [0.25, 0.3) is 0 Å². The monoisotopic (exact) mass is 356 g/mol. The minimum Gasteiger partial charge on any atom is -0.481 e. The molecule has 0 aromatic rings. The normalized spacial score (nSPS) is 14.2. The van der Waals surface area contributed by atoms with Crippen molar-refractivity contribution in [2.24, 2.45) is 5.92 Å². The Morgan fingerprint density at radius 1 is 1.08 bits per heavy atom. The zero-order chi connectivity index (χ0) is 19.2. The summed E-state index contributed by atoms with van der Waals surface area (Å²) < 4.78 is 0. The molecule has 1 saturated carbocycles. The van der Waals surface area contributed by atoms with Gasteiger partial charge in [-0.25, -0.2) is 4.89 Å². The number of carboxylic acid groups (broad SMARTS) is 1. The maximum Gasteiger partial charge on any atom is 0.303 e. The SMILES string of the molecule is C/C=C\CCCC(=O)O.CCCCCC/C=C/C1CCCC1.COO. The van der Waals surface area contributed by atoms with E-state index >= 15 is 0 Å². The Labute approximate surface area is 154 Å². The Kier molecular flexibility index (Phi) is 23.9. The standard InChI is InChI=1S/C13H24.C7H12O2.CH4O2/c1-2-3-4-5-6-7-10-13-11-8-9-12-13;1-2-3-4-5-6-7(8)9;1-3-2/h7,10,13H,2-6,8-9,11-12H2,1H3;2-3H,4-6H2,1H3,(H,8,9);2H,1H3/b10-7+;3-2-;. The molecule has 0 aromatic carbocycles. The van der Waals surface area contributed by atoms with Gasteiger partial charge in [-0.05, 0) is 51.4 Å². The van der Waals surface area contributed by atoms with Crippen LogP contribution < -0.4 is 0 Å². The number of unbranched alkanes of at least 4 members (excludes halogenated alkanes) is 5. The molecule has 0 saturated heterocycles. The molecule has 0 heterocycles. The summed E-state index contributed by atoms with van der Waals surface area (Å²) in [4.78, 5) is 13.2. The topological polar surface area (TPSA) is 66.8 Å². The number of carbonyl (C=O) groups is 1. The number of hydrogen-bond donors (Lipinski definition) is 2. The molecular weight excluding hydrogens is 316 g/mol. The summed E-state index contributed by atoms with van der Waals surface area (Å²) in [6.07, 6.45) is 23.4. The van der Waals surface area contributed by atoms with E-state index in [-0.39, 0.29) is 6.42 Å². The molecule has 148 valence electrons. The van der Waals surface area contributed by atoms with Crippen LogP contribution in [0.25, 0.3) is 0 Å². The van der Waals surface area contributed by atoms with Crippen LogP contribution in [-0.2, 0) is 9.68 Å². The zero-order valence-electron chi connectivity index (χ0n) is 16.6. The van der Waals surface area contributed by atoms with Gasteiger partial charge in [0, 0.05) is 6.42 Å². The minimum absolute atomic E-state index is 0.282. The fourth-order valence-corrected chi connectivity index (χ4v) is 2.67. The first kappa shape index (κ1) is 26.1. The molecule has 0 unspecified atom stereocenters. The summed E-state index contributed by atoms with van der Waals surface area (Å²) in [6.45, 7) is 4.20. The van der Waals surface area contributed by atoms with Crippen LogP contribution in [0.5, 0.6) is 0 Å². The van der Waals surface area contributed by atoms with E-state index in [9.17, 15) is 4.79 Å². The van der Waals surface area contributed by atoms with Crippen LogP contribution in [0.3, 0.4) is 0 Å². The molecular formula is C21H40O4. The van der Waals surface area contributed by atoms with E-state index in [0.29, 0.717) is 0 Å².